The number of nitrogens with one attached hydrogen (secondary N) is 1. The average molecular weight is 325 g/mol. The summed E-state index contributed by atoms with van der Waals surface area (Å²) >= 11 is 1.25. The largest absolute Gasteiger partial charge is 0.497 e. The topological polar surface area (TPSA) is 77.2 Å². The van der Waals surface area contributed by atoms with Crippen LogP contribution in [0.1, 0.15) is 10.4 Å². The second kappa shape index (κ2) is 6.50. The highest BCUT2D eigenvalue weighted by atomic mass is 32.1. The van der Waals surface area contributed by atoms with Gasteiger partial charge in [0.15, 0.2) is 5.13 Å². The first-order valence-corrected chi connectivity index (χ1v) is 7.76. The van der Waals surface area contributed by atoms with Crippen LogP contribution >= 0.6 is 11.3 Å². The number of amides is 1. The molecule has 0 fully saturated rings. The molecule has 0 radical (unpaired) electrons. The highest BCUT2D eigenvalue weighted by molar-refractivity contribution is 7.20. The lowest BCUT2D eigenvalue weighted by Gasteiger charge is -2.06. The maximum absolute atomic E-state index is 12.4. The number of hydrogen-bond donors (Lipinski definition) is 2. The van der Waals surface area contributed by atoms with Crippen molar-refractivity contribution in [2.45, 2.75) is 0 Å². The van der Waals surface area contributed by atoms with Crippen LogP contribution < -0.4 is 15.8 Å². The molecule has 0 aliphatic rings. The number of benzene rings is 2. The molecule has 0 atom stereocenters. The van der Waals surface area contributed by atoms with Gasteiger partial charge in [-0.3, -0.25) is 4.79 Å². The van der Waals surface area contributed by atoms with Gasteiger partial charge >= 0.3 is 0 Å². The predicted octanol–water partition coefficient (Wildman–Crippen LogP) is 3.65. The van der Waals surface area contributed by atoms with Crippen LogP contribution in [0.2, 0.25) is 0 Å². The molecule has 0 saturated carbocycles. The SMILES string of the molecule is COc1ccc(C(=O)Nc2sc(N)nc2-c2ccccc2)cc1. The molecule has 1 amide bonds. The van der Waals surface area contributed by atoms with Crippen molar-refractivity contribution in [2.75, 3.05) is 18.2 Å². The van der Waals surface area contributed by atoms with Crippen LogP contribution in [0.15, 0.2) is 54.6 Å². The fourth-order valence-electron chi connectivity index (χ4n) is 2.13. The number of thiazole rings is 1. The Morgan fingerprint density at radius 1 is 1.13 bits per heavy atom. The van der Waals surface area contributed by atoms with E-state index in [0.717, 1.165) is 5.56 Å². The summed E-state index contributed by atoms with van der Waals surface area (Å²) < 4.78 is 5.09. The van der Waals surface area contributed by atoms with Crippen LogP contribution in [0.5, 0.6) is 5.75 Å². The summed E-state index contributed by atoms with van der Waals surface area (Å²) in [5.41, 5.74) is 7.93. The molecule has 0 unspecified atom stereocenters. The van der Waals surface area contributed by atoms with E-state index in [9.17, 15) is 4.79 Å². The molecule has 0 spiro atoms. The quantitative estimate of drug-likeness (QED) is 0.767. The van der Waals surface area contributed by atoms with Gasteiger partial charge in [-0.1, -0.05) is 41.7 Å². The van der Waals surface area contributed by atoms with Crippen molar-refractivity contribution in [1.82, 2.24) is 4.98 Å². The van der Waals surface area contributed by atoms with E-state index >= 15 is 0 Å². The highest BCUT2D eigenvalue weighted by Crippen LogP contribution is 2.34. The van der Waals surface area contributed by atoms with E-state index in [0.29, 0.717) is 27.1 Å². The van der Waals surface area contributed by atoms with E-state index in [2.05, 4.69) is 10.3 Å². The molecule has 3 N–H and O–H groups in total. The van der Waals surface area contributed by atoms with Gasteiger partial charge in [0.05, 0.1) is 7.11 Å². The Morgan fingerprint density at radius 3 is 2.48 bits per heavy atom. The molecule has 0 bridgehead atoms. The Morgan fingerprint density at radius 2 is 1.83 bits per heavy atom. The molecule has 0 saturated heterocycles. The zero-order valence-electron chi connectivity index (χ0n) is 12.4. The zero-order valence-corrected chi connectivity index (χ0v) is 13.3. The van der Waals surface area contributed by atoms with Gasteiger partial charge in [-0.15, -0.1) is 0 Å². The number of ether oxygens (including phenoxy) is 1. The van der Waals surface area contributed by atoms with E-state index in [-0.39, 0.29) is 5.91 Å². The highest BCUT2D eigenvalue weighted by Gasteiger charge is 2.15. The predicted molar refractivity (Wildman–Crippen MR) is 92.9 cm³/mol. The molecule has 1 heterocycles. The van der Waals surface area contributed by atoms with Crippen LogP contribution in [0.25, 0.3) is 11.3 Å². The molecule has 1 aromatic heterocycles. The first-order valence-electron chi connectivity index (χ1n) is 6.94. The third kappa shape index (κ3) is 3.32. The monoisotopic (exact) mass is 325 g/mol. The maximum atomic E-state index is 12.4. The first kappa shape index (κ1) is 15.1. The summed E-state index contributed by atoms with van der Waals surface area (Å²) in [5, 5.41) is 3.92. The third-order valence-electron chi connectivity index (χ3n) is 3.27. The summed E-state index contributed by atoms with van der Waals surface area (Å²) in [7, 11) is 1.58. The van der Waals surface area contributed by atoms with Crippen molar-refractivity contribution in [3.63, 3.8) is 0 Å². The second-order valence-electron chi connectivity index (χ2n) is 4.78. The fraction of sp³-hybridized carbons (Fsp3) is 0.0588. The van der Waals surface area contributed by atoms with Gasteiger partial charge in [-0.25, -0.2) is 4.98 Å². The van der Waals surface area contributed by atoms with Crippen molar-refractivity contribution in [2.24, 2.45) is 0 Å². The van der Waals surface area contributed by atoms with Gasteiger partial charge in [0.25, 0.3) is 5.91 Å². The van der Waals surface area contributed by atoms with Gasteiger partial charge in [-0.05, 0) is 24.3 Å². The Hall–Kier alpha value is -2.86. The molecule has 5 nitrogen and oxygen atoms in total. The molecule has 3 aromatic rings. The number of anilines is 2. The van der Waals surface area contributed by atoms with Gasteiger partial charge in [-0.2, -0.15) is 0 Å². The van der Waals surface area contributed by atoms with Crippen LogP contribution in [-0.2, 0) is 0 Å². The van der Waals surface area contributed by atoms with Crippen molar-refractivity contribution in [1.29, 1.82) is 0 Å². The summed E-state index contributed by atoms with van der Waals surface area (Å²) in [6.07, 6.45) is 0. The lowest BCUT2D eigenvalue weighted by atomic mass is 10.1. The molecule has 23 heavy (non-hydrogen) atoms. The second-order valence-corrected chi connectivity index (χ2v) is 5.81. The third-order valence-corrected chi connectivity index (χ3v) is 4.07. The number of nitrogens with zero attached hydrogens (tertiary/aromatic N) is 1. The number of carbonyl (C=O) groups excluding carboxylic acids is 1. The van der Waals surface area contributed by atoms with E-state index in [1.807, 2.05) is 30.3 Å². The van der Waals surface area contributed by atoms with Gasteiger partial charge in [0, 0.05) is 11.1 Å². The Balaban J connectivity index is 1.86. The molecule has 116 valence electrons. The van der Waals surface area contributed by atoms with Crippen LogP contribution in [0.3, 0.4) is 0 Å². The number of rotatable bonds is 4. The Labute approximate surface area is 137 Å². The molecule has 3 rings (SSSR count). The summed E-state index contributed by atoms with van der Waals surface area (Å²) in [4.78, 5) is 16.7. The summed E-state index contributed by atoms with van der Waals surface area (Å²) in [5.74, 6) is 0.488. The van der Waals surface area contributed by atoms with Crippen molar-refractivity contribution >= 4 is 27.4 Å². The van der Waals surface area contributed by atoms with Crippen molar-refractivity contribution in [3.05, 3.63) is 60.2 Å². The lowest BCUT2D eigenvalue weighted by Crippen LogP contribution is -2.11. The lowest BCUT2D eigenvalue weighted by molar-refractivity contribution is 0.102. The molecule has 2 aromatic carbocycles. The number of hydrogen-bond acceptors (Lipinski definition) is 5. The van der Waals surface area contributed by atoms with E-state index in [1.54, 1.807) is 31.4 Å². The standard InChI is InChI=1S/C17H15N3O2S/c1-22-13-9-7-12(8-10-13)15(21)20-16-14(19-17(18)23-16)11-5-3-2-4-6-11/h2-10H,1H3,(H2,18,19)(H,20,21). The van der Waals surface area contributed by atoms with Crippen molar-refractivity contribution < 1.29 is 9.53 Å². The number of nitrogen functional groups attached to an aromatic ring is 1. The molecule has 6 heteroatoms. The van der Waals surface area contributed by atoms with Crippen LogP contribution in [0.4, 0.5) is 10.1 Å². The zero-order chi connectivity index (χ0) is 16.2. The molecular weight excluding hydrogens is 310 g/mol. The van der Waals surface area contributed by atoms with Crippen molar-refractivity contribution in [3.8, 4) is 17.0 Å². The average Bonchev–Trinajstić information content (AvgIpc) is 2.96. The first-order chi connectivity index (χ1) is 11.2. The smallest absolute Gasteiger partial charge is 0.256 e. The number of carbonyl (C=O) groups is 1. The Bertz CT molecular complexity index is 814. The van der Waals surface area contributed by atoms with E-state index < -0.39 is 0 Å². The van der Waals surface area contributed by atoms with Crippen LogP contribution in [0, 0.1) is 0 Å². The Kier molecular flexibility index (Phi) is 4.25. The summed E-state index contributed by atoms with van der Waals surface area (Å²) in [6, 6.07) is 16.5. The molecule has 0 aliphatic carbocycles. The van der Waals surface area contributed by atoms with Gasteiger partial charge in [0.1, 0.15) is 16.4 Å². The number of nitrogens with two attached hydrogens (primary N) is 1. The number of aromatic nitrogens is 1. The fourth-order valence-corrected chi connectivity index (χ4v) is 2.88. The minimum Gasteiger partial charge on any atom is -0.497 e. The summed E-state index contributed by atoms with van der Waals surface area (Å²) in [6.45, 7) is 0. The molecule has 0 aliphatic heterocycles. The molecular formula is C17H15N3O2S. The van der Waals surface area contributed by atoms with Gasteiger partial charge in [0.2, 0.25) is 0 Å². The normalized spacial score (nSPS) is 10.3. The van der Waals surface area contributed by atoms with Gasteiger partial charge < -0.3 is 15.8 Å². The van der Waals surface area contributed by atoms with Crippen LogP contribution in [-0.4, -0.2) is 18.0 Å². The minimum absolute atomic E-state index is 0.214. The maximum Gasteiger partial charge on any atom is 0.256 e. The number of methoxy groups -OCH3 is 1. The minimum atomic E-state index is -0.214. The van der Waals surface area contributed by atoms with E-state index in [4.69, 9.17) is 10.5 Å². The van der Waals surface area contributed by atoms with E-state index in [1.165, 1.54) is 11.3 Å².